The van der Waals surface area contributed by atoms with Crippen molar-refractivity contribution in [3.63, 3.8) is 0 Å². The second-order valence-corrected chi connectivity index (χ2v) is 5.72. The zero-order valence-electron chi connectivity index (χ0n) is 13.0. The molecule has 0 aliphatic carbocycles. The second-order valence-electron chi connectivity index (χ2n) is 5.72. The summed E-state index contributed by atoms with van der Waals surface area (Å²) in [6.07, 6.45) is 2.16. The van der Waals surface area contributed by atoms with Crippen molar-refractivity contribution in [2.45, 2.75) is 24.9 Å². The third-order valence-electron chi connectivity index (χ3n) is 4.05. The number of amides is 1. The van der Waals surface area contributed by atoms with Gasteiger partial charge in [0.15, 0.2) is 0 Å². The number of rotatable bonds is 5. The molecule has 1 saturated heterocycles. The summed E-state index contributed by atoms with van der Waals surface area (Å²) in [4.78, 5) is 23.8. The van der Waals surface area contributed by atoms with Gasteiger partial charge in [0, 0.05) is 31.6 Å². The molecule has 0 unspecified atom stereocenters. The van der Waals surface area contributed by atoms with Crippen LogP contribution in [-0.4, -0.2) is 50.7 Å². The molecule has 0 atom stereocenters. The number of ether oxygens (including phenoxy) is 1. The lowest BCUT2D eigenvalue weighted by Crippen LogP contribution is -2.58. The molecule has 0 saturated carbocycles. The topological polar surface area (TPSA) is 106 Å². The van der Waals surface area contributed by atoms with E-state index in [1.165, 1.54) is 4.68 Å². The molecule has 1 aromatic carbocycles. The third-order valence-corrected chi connectivity index (χ3v) is 4.05. The van der Waals surface area contributed by atoms with Gasteiger partial charge in [-0.15, -0.1) is 5.10 Å². The molecule has 1 aliphatic heterocycles. The zero-order valence-corrected chi connectivity index (χ0v) is 13.0. The molecule has 1 aromatic heterocycles. The first-order valence-electron chi connectivity index (χ1n) is 7.67. The third kappa shape index (κ3) is 3.43. The van der Waals surface area contributed by atoms with E-state index in [0.717, 1.165) is 5.56 Å². The van der Waals surface area contributed by atoms with Crippen LogP contribution in [-0.2, 0) is 20.9 Å². The number of hydrogen-bond donors (Lipinski definition) is 2. The molecule has 2 aromatic rings. The fourth-order valence-electron chi connectivity index (χ4n) is 2.68. The van der Waals surface area contributed by atoms with Crippen LogP contribution in [0.1, 0.15) is 12.8 Å². The molecule has 8 nitrogen and oxygen atoms in total. The Labute approximate surface area is 138 Å². The standard InChI is InChI=1S/C16H18N4O4/c21-14(17-16(15(22)23)6-8-24-9-7-16)11-20-10-13(18-19-20)12-4-2-1-3-5-12/h1-5,10H,6-9,11H2,(H,17,21)(H,22,23). The van der Waals surface area contributed by atoms with Crippen molar-refractivity contribution in [3.8, 4) is 11.3 Å². The van der Waals surface area contributed by atoms with Crippen LogP contribution in [0.25, 0.3) is 11.3 Å². The summed E-state index contributed by atoms with van der Waals surface area (Å²) in [5, 5.41) is 20.0. The molecule has 24 heavy (non-hydrogen) atoms. The number of carbonyl (C=O) groups excluding carboxylic acids is 1. The smallest absolute Gasteiger partial charge is 0.329 e. The Morgan fingerprint density at radius 2 is 1.96 bits per heavy atom. The summed E-state index contributed by atoms with van der Waals surface area (Å²) in [7, 11) is 0. The van der Waals surface area contributed by atoms with Gasteiger partial charge in [0.2, 0.25) is 5.91 Å². The second kappa shape index (κ2) is 6.79. The summed E-state index contributed by atoms with van der Waals surface area (Å²) in [5.41, 5.74) is 0.288. The molecule has 2 N–H and O–H groups in total. The van der Waals surface area contributed by atoms with E-state index in [-0.39, 0.29) is 19.4 Å². The van der Waals surface area contributed by atoms with Crippen molar-refractivity contribution in [1.82, 2.24) is 20.3 Å². The van der Waals surface area contributed by atoms with Crippen LogP contribution in [0.15, 0.2) is 36.5 Å². The highest BCUT2D eigenvalue weighted by atomic mass is 16.5. The van der Waals surface area contributed by atoms with E-state index in [1.54, 1.807) is 6.20 Å². The first-order chi connectivity index (χ1) is 11.6. The van der Waals surface area contributed by atoms with Gasteiger partial charge in [0.1, 0.15) is 17.8 Å². The molecular formula is C16H18N4O4. The van der Waals surface area contributed by atoms with Crippen LogP contribution in [0.5, 0.6) is 0 Å². The highest BCUT2D eigenvalue weighted by Crippen LogP contribution is 2.21. The van der Waals surface area contributed by atoms with Crippen molar-refractivity contribution in [2.24, 2.45) is 0 Å². The first-order valence-corrected chi connectivity index (χ1v) is 7.67. The highest BCUT2D eigenvalue weighted by Gasteiger charge is 2.41. The van der Waals surface area contributed by atoms with E-state index in [2.05, 4.69) is 15.6 Å². The minimum absolute atomic E-state index is 0.0876. The van der Waals surface area contributed by atoms with Gasteiger partial charge in [-0.05, 0) is 0 Å². The predicted molar refractivity (Wildman–Crippen MR) is 84.0 cm³/mol. The van der Waals surface area contributed by atoms with E-state index in [0.29, 0.717) is 18.9 Å². The Morgan fingerprint density at radius 1 is 1.25 bits per heavy atom. The summed E-state index contributed by atoms with van der Waals surface area (Å²) in [6.45, 7) is 0.540. The molecule has 0 bridgehead atoms. The molecule has 8 heteroatoms. The van der Waals surface area contributed by atoms with Crippen molar-refractivity contribution in [3.05, 3.63) is 36.5 Å². The Bertz CT molecular complexity index is 723. The summed E-state index contributed by atoms with van der Waals surface area (Å²) >= 11 is 0. The van der Waals surface area contributed by atoms with E-state index in [4.69, 9.17) is 4.74 Å². The van der Waals surface area contributed by atoms with E-state index in [1.807, 2.05) is 30.3 Å². The number of carbonyl (C=O) groups is 2. The maximum atomic E-state index is 12.2. The average Bonchev–Trinajstić information content (AvgIpc) is 3.04. The van der Waals surface area contributed by atoms with Crippen LogP contribution >= 0.6 is 0 Å². The molecule has 3 rings (SSSR count). The van der Waals surface area contributed by atoms with Gasteiger partial charge < -0.3 is 15.2 Å². The Kier molecular flexibility index (Phi) is 4.57. The lowest BCUT2D eigenvalue weighted by Gasteiger charge is -2.33. The number of carboxylic acid groups (broad SMARTS) is 1. The maximum Gasteiger partial charge on any atom is 0.329 e. The van der Waals surface area contributed by atoms with Crippen molar-refractivity contribution >= 4 is 11.9 Å². The van der Waals surface area contributed by atoms with Crippen LogP contribution < -0.4 is 5.32 Å². The maximum absolute atomic E-state index is 12.2. The van der Waals surface area contributed by atoms with Gasteiger partial charge in [-0.3, -0.25) is 4.79 Å². The molecule has 1 amide bonds. The van der Waals surface area contributed by atoms with Gasteiger partial charge in [-0.2, -0.15) is 0 Å². The normalized spacial score (nSPS) is 16.5. The van der Waals surface area contributed by atoms with Gasteiger partial charge in [0.05, 0.1) is 6.20 Å². The number of aromatic nitrogens is 3. The molecule has 0 radical (unpaired) electrons. The molecule has 126 valence electrons. The van der Waals surface area contributed by atoms with Crippen LogP contribution in [0.4, 0.5) is 0 Å². The van der Waals surface area contributed by atoms with E-state index < -0.39 is 17.4 Å². The lowest BCUT2D eigenvalue weighted by molar-refractivity contribution is -0.152. The molecule has 0 spiro atoms. The predicted octanol–water partition coefficient (Wildman–Crippen LogP) is 0.695. The number of carboxylic acids is 1. The number of aliphatic carboxylic acids is 1. The summed E-state index contributed by atoms with van der Waals surface area (Å²) in [6, 6.07) is 9.48. The SMILES string of the molecule is O=C(Cn1cc(-c2ccccc2)nn1)NC1(C(=O)O)CCOCC1. The van der Waals surface area contributed by atoms with Crippen LogP contribution in [0.2, 0.25) is 0 Å². The minimum atomic E-state index is -1.27. The molecule has 2 heterocycles. The highest BCUT2D eigenvalue weighted by molar-refractivity contribution is 5.87. The summed E-state index contributed by atoms with van der Waals surface area (Å²) in [5.74, 6) is -1.45. The number of nitrogens with one attached hydrogen (secondary N) is 1. The van der Waals surface area contributed by atoms with Crippen molar-refractivity contribution in [1.29, 1.82) is 0 Å². The fraction of sp³-hybridized carbons (Fsp3) is 0.375. The van der Waals surface area contributed by atoms with Crippen molar-refractivity contribution in [2.75, 3.05) is 13.2 Å². The Balaban J connectivity index is 1.67. The number of benzene rings is 1. The zero-order chi connectivity index (χ0) is 17.0. The number of hydrogen-bond acceptors (Lipinski definition) is 5. The molecule has 1 aliphatic rings. The van der Waals surface area contributed by atoms with Gasteiger partial charge in [-0.25, -0.2) is 9.48 Å². The van der Waals surface area contributed by atoms with Gasteiger partial charge >= 0.3 is 5.97 Å². The van der Waals surface area contributed by atoms with Crippen molar-refractivity contribution < 1.29 is 19.4 Å². The van der Waals surface area contributed by atoms with E-state index in [9.17, 15) is 14.7 Å². The first kappa shape index (κ1) is 16.1. The molecule has 1 fully saturated rings. The minimum Gasteiger partial charge on any atom is -0.480 e. The van der Waals surface area contributed by atoms with Gasteiger partial charge in [0.25, 0.3) is 0 Å². The van der Waals surface area contributed by atoms with Crippen LogP contribution in [0.3, 0.4) is 0 Å². The monoisotopic (exact) mass is 330 g/mol. The fourth-order valence-corrected chi connectivity index (χ4v) is 2.68. The largest absolute Gasteiger partial charge is 0.480 e. The number of nitrogens with zero attached hydrogens (tertiary/aromatic N) is 3. The quantitative estimate of drug-likeness (QED) is 0.835. The Hall–Kier alpha value is -2.74. The molecular weight excluding hydrogens is 312 g/mol. The Morgan fingerprint density at radius 3 is 2.62 bits per heavy atom. The lowest BCUT2D eigenvalue weighted by atomic mass is 9.90. The average molecular weight is 330 g/mol. The van der Waals surface area contributed by atoms with Gasteiger partial charge in [-0.1, -0.05) is 35.5 Å². The van der Waals surface area contributed by atoms with E-state index >= 15 is 0 Å². The summed E-state index contributed by atoms with van der Waals surface area (Å²) < 4.78 is 6.58. The van der Waals surface area contributed by atoms with Crippen LogP contribution in [0, 0.1) is 0 Å².